The second-order valence-corrected chi connectivity index (χ2v) is 11.3. The van der Waals surface area contributed by atoms with E-state index in [-0.39, 0.29) is 11.2 Å². The zero-order chi connectivity index (χ0) is 21.0. The van der Waals surface area contributed by atoms with Crippen molar-refractivity contribution in [2.24, 2.45) is 40.4 Å². The van der Waals surface area contributed by atoms with Gasteiger partial charge in [-0.2, -0.15) is 0 Å². The maximum absolute atomic E-state index is 12.1. The van der Waals surface area contributed by atoms with Crippen molar-refractivity contribution >= 4 is 11.6 Å². The third-order valence-electron chi connectivity index (χ3n) is 10.0. The van der Waals surface area contributed by atoms with Gasteiger partial charge in [-0.05, 0) is 97.9 Å². The number of allylic oxidation sites excluding steroid dienone is 1. The summed E-state index contributed by atoms with van der Waals surface area (Å²) in [6.45, 7) is 9.25. The Labute approximate surface area is 176 Å². The number of ketones is 2. The van der Waals surface area contributed by atoms with E-state index in [4.69, 9.17) is 0 Å². The number of carbonyl (C=O) groups excluding carboxylic acids is 2. The monoisotopic (exact) mass is 400 g/mol. The van der Waals surface area contributed by atoms with E-state index in [2.05, 4.69) is 20.8 Å². The first-order valence-electron chi connectivity index (χ1n) is 12.2. The van der Waals surface area contributed by atoms with Crippen molar-refractivity contribution in [2.45, 2.75) is 98.0 Å². The van der Waals surface area contributed by atoms with Crippen molar-refractivity contribution in [2.75, 3.05) is 0 Å². The molecule has 1 N–H and O–H groups in total. The molecular formula is C26H40O3. The van der Waals surface area contributed by atoms with Crippen LogP contribution in [0.3, 0.4) is 0 Å². The average molecular weight is 401 g/mol. The summed E-state index contributed by atoms with van der Waals surface area (Å²) < 4.78 is 0. The molecule has 0 amide bonds. The molecular weight excluding hydrogens is 360 g/mol. The number of hydrogen-bond acceptors (Lipinski definition) is 3. The Morgan fingerprint density at radius 2 is 1.97 bits per heavy atom. The molecule has 0 radical (unpaired) electrons. The van der Waals surface area contributed by atoms with E-state index in [1.807, 2.05) is 6.92 Å². The van der Waals surface area contributed by atoms with E-state index in [0.717, 1.165) is 37.0 Å². The number of carbonyl (C=O) groups is 2. The molecule has 0 aliphatic heterocycles. The van der Waals surface area contributed by atoms with E-state index in [1.165, 1.54) is 37.7 Å². The summed E-state index contributed by atoms with van der Waals surface area (Å²) in [4.78, 5) is 23.9. The van der Waals surface area contributed by atoms with E-state index in [0.29, 0.717) is 35.9 Å². The van der Waals surface area contributed by atoms with Crippen LogP contribution in [-0.4, -0.2) is 22.8 Å². The Kier molecular flexibility index (Phi) is 5.59. The standard InChI is InChI=1S/C26H40O3/c1-5-18(27)8-6-16(2)20-10-11-21-19-9-7-17-14-23(28)24(29)15-26(17,4)22(19)12-13-25(20,21)3/h14,16,19-22,24,29H,5-13,15H2,1-4H3/t16-,19+,20-,21+,22+,24?,25-,26+/m1/s1. The first kappa shape index (κ1) is 21.3. The van der Waals surface area contributed by atoms with Crippen LogP contribution >= 0.6 is 0 Å². The molecule has 0 aromatic heterocycles. The van der Waals surface area contributed by atoms with Gasteiger partial charge in [-0.1, -0.05) is 33.3 Å². The highest BCUT2D eigenvalue weighted by atomic mass is 16.3. The number of rotatable bonds is 5. The molecule has 162 valence electrons. The quantitative estimate of drug-likeness (QED) is 0.663. The summed E-state index contributed by atoms with van der Waals surface area (Å²) in [7, 11) is 0. The van der Waals surface area contributed by atoms with E-state index < -0.39 is 6.10 Å². The molecule has 1 unspecified atom stereocenters. The third kappa shape index (κ3) is 3.36. The highest BCUT2D eigenvalue weighted by Crippen LogP contribution is 2.67. The zero-order valence-electron chi connectivity index (χ0n) is 18.9. The first-order chi connectivity index (χ1) is 13.7. The van der Waals surface area contributed by atoms with Gasteiger partial charge >= 0.3 is 0 Å². The van der Waals surface area contributed by atoms with Gasteiger partial charge in [0.1, 0.15) is 11.9 Å². The highest BCUT2D eigenvalue weighted by molar-refractivity contribution is 5.95. The van der Waals surface area contributed by atoms with Gasteiger partial charge in [0.2, 0.25) is 0 Å². The van der Waals surface area contributed by atoms with Crippen molar-refractivity contribution in [1.82, 2.24) is 0 Å². The smallest absolute Gasteiger partial charge is 0.184 e. The summed E-state index contributed by atoms with van der Waals surface area (Å²) in [5.41, 5.74) is 1.73. The van der Waals surface area contributed by atoms with Crippen LogP contribution in [-0.2, 0) is 9.59 Å². The van der Waals surface area contributed by atoms with Crippen LogP contribution in [0.15, 0.2) is 11.6 Å². The lowest BCUT2D eigenvalue weighted by Gasteiger charge is -2.58. The van der Waals surface area contributed by atoms with E-state index >= 15 is 0 Å². The van der Waals surface area contributed by atoms with Crippen LogP contribution in [0.1, 0.15) is 91.9 Å². The summed E-state index contributed by atoms with van der Waals surface area (Å²) in [5, 5.41) is 10.3. The molecule has 8 atom stereocenters. The molecule has 0 aromatic rings. The molecule has 3 nitrogen and oxygen atoms in total. The number of Topliss-reactive ketones (excluding diaryl/α,β-unsaturated/α-hetero) is 1. The van der Waals surface area contributed by atoms with Crippen LogP contribution < -0.4 is 0 Å². The minimum Gasteiger partial charge on any atom is -0.385 e. The summed E-state index contributed by atoms with van der Waals surface area (Å²) in [6.07, 6.45) is 11.5. The Bertz CT molecular complexity index is 709. The molecule has 3 heteroatoms. The van der Waals surface area contributed by atoms with Crippen LogP contribution in [0.25, 0.3) is 0 Å². The van der Waals surface area contributed by atoms with Crippen molar-refractivity contribution < 1.29 is 14.7 Å². The molecule has 29 heavy (non-hydrogen) atoms. The van der Waals surface area contributed by atoms with Gasteiger partial charge in [0.15, 0.2) is 5.78 Å². The number of hydrogen-bond donors (Lipinski definition) is 1. The maximum Gasteiger partial charge on any atom is 0.184 e. The fourth-order valence-electron chi connectivity index (χ4n) is 8.36. The van der Waals surface area contributed by atoms with Gasteiger partial charge in [-0.3, -0.25) is 9.59 Å². The molecule has 0 bridgehead atoms. The van der Waals surface area contributed by atoms with Gasteiger partial charge in [-0.15, -0.1) is 0 Å². The Morgan fingerprint density at radius 3 is 2.69 bits per heavy atom. The lowest BCUT2D eigenvalue weighted by molar-refractivity contribution is -0.128. The molecule has 4 rings (SSSR count). The van der Waals surface area contributed by atoms with Crippen molar-refractivity contribution in [3.8, 4) is 0 Å². The maximum atomic E-state index is 12.1. The van der Waals surface area contributed by atoms with Crippen molar-refractivity contribution in [3.05, 3.63) is 11.6 Å². The molecule has 4 aliphatic carbocycles. The molecule has 3 saturated carbocycles. The fourth-order valence-corrected chi connectivity index (χ4v) is 8.36. The van der Waals surface area contributed by atoms with Gasteiger partial charge in [-0.25, -0.2) is 0 Å². The molecule has 0 aromatic carbocycles. The Morgan fingerprint density at radius 1 is 1.21 bits per heavy atom. The van der Waals surface area contributed by atoms with Crippen LogP contribution in [0, 0.1) is 40.4 Å². The highest BCUT2D eigenvalue weighted by Gasteiger charge is 2.60. The molecule has 0 heterocycles. The molecule has 3 fully saturated rings. The molecule has 0 spiro atoms. The van der Waals surface area contributed by atoms with Crippen LogP contribution in [0.4, 0.5) is 0 Å². The summed E-state index contributed by atoms with van der Waals surface area (Å²) in [6, 6.07) is 0. The third-order valence-corrected chi connectivity index (χ3v) is 10.0. The lowest BCUT2D eigenvalue weighted by atomic mass is 9.46. The topological polar surface area (TPSA) is 54.4 Å². The summed E-state index contributed by atoms with van der Waals surface area (Å²) >= 11 is 0. The minimum atomic E-state index is -0.803. The molecule has 4 aliphatic rings. The van der Waals surface area contributed by atoms with Gasteiger partial charge < -0.3 is 5.11 Å². The SMILES string of the molecule is CCC(=O)CC[C@@H](C)[C@H]1CC[C@H]2[C@@H]3CCC4=CC(=O)C(O)C[C@]4(C)[C@H]3CC[C@]12C. The fraction of sp³-hybridized carbons (Fsp3) is 0.846. The number of aliphatic hydroxyl groups is 1. The average Bonchev–Trinajstić information content (AvgIpc) is 3.04. The van der Waals surface area contributed by atoms with Gasteiger partial charge in [0.25, 0.3) is 0 Å². The largest absolute Gasteiger partial charge is 0.385 e. The zero-order valence-corrected chi connectivity index (χ0v) is 18.9. The van der Waals surface area contributed by atoms with Crippen LogP contribution in [0.2, 0.25) is 0 Å². The second kappa shape index (κ2) is 7.62. The Balaban J connectivity index is 1.53. The lowest BCUT2D eigenvalue weighted by Crippen LogP contribution is -2.52. The van der Waals surface area contributed by atoms with Crippen molar-refractivity contribution in [3.63, 3.8) is 0 Å². The number of fused-ring (bicyclic) bond motifs is 5. The predicted octanol–water partition coefficient (Wildman–Crippen LogP) is 5.50. The Hall–Kier alpha value is -0.960. The van der Waals surface area contributed by atoms with Gasteiger partial charge in [0.05, 0.1) is 0 Å². The van der Waals surface area contributed by atoms with E-state index in [9.17, 15) is 14.7 Å². The number of aliphatic hydroxyl groups excluding tert-OH is 1. The predicted molar refractivity (Wildman–Crippen MR) is 115 cm³/mol. The molecule has 0 saturated heterocycles. The van der Waals surface area contributed by atoms with Gasteiger partial charge in [0, 0.05) is 12.8 Å². The normalized spacial score (nSPS) is 45.1. The minimum absolute atomic E-state index is 0.00875. The van der Waals surface area contributed by atoms with E-state index in [1.54, 1.807) is 6.08 Å². The second-order valence-electron chi connectivity index (χ2n) is 11.3. The summed E-state index contributed by atoms with van der Waals surface area (Å²) in [5.74, 6) is 3.80. The van der Waals surface area contributed by atoms with Crippen LogP contribution in [0.5, 0.6) is 0 Å². The van der Waals surface area contributed by atoms with Crippen molar-refractivity contribution in [1.29, 1.82) is 0 Å². The first-order valence-corrected chi connectivity index (χ1v) is 12.2.